The van der Waals surface area contributed by atoms with Crippen LogP contribution in [0.25, 0.3) is 0 Å². The maximum Gasteiger partial charge on any atom is 0.465 e. The second-order valence-corrected chi connectivity index (χ2v) is 8.02. The van der Waals surface area contributed by atoms with Crippen molar-refractivity contribution in [2.45, 2.75) is 49.1 Å². The van der Waals surface area contributed by atoms with E-state index in [-0.39, 0.29) is 11.8 Å². The van der Waals surface area contributed by atoms with E-state index in [1.807, 2.05) is 0 Å². The molecule has 2 unspecified atom stereocenters. The van der Waals surface area contributed by atoms with Crippen LogP contribution in [-0.4, -0.2) is 41.0 Å². The summed E-state index contributed by atoms with van der Waals surface area (Å²) < 4.78 is 60.8. The standard InChI is InChI=1S/C12H16F2O6S/c13-12(14,21(17,18)19)10(15)20-9-7-1-6-2-8(9)5-11(16,3-6)4-7/h6-9,16H,1-5H2,(H,17,18,19). The number of rotatable bonds is 3. The topological polar surface area (TPSA) is 101 Å². The van der Waals surface area contributed by atoms with Crippen molar-refractivity contribution in [1.29, 1.82) is 0 Å². The van der Waals surface area contributed by atoms with Gasteiger partial charge in [-0.05, 0) is 49.9 Å². The Labute approximate surface area is 120 Å². The van der Waals surface area contributed by atoms with Gasteiger partial charge in [-0.2, -0.15) is 17.2 Å². The van der Waals surface area contributed by atoms with E-state index in [4.69, 9.17) is 9.29 Å². The highest BCUT2D eigenvalue weighted by Crippen LogP contribution is 2.56. The first kappa shape index (κ1) is 15.1. The molecule has 9 heteroatoms. The minimum Gasteiger partial charge on any atom is -0.456 e. The number of carbonyl (C=O) groups is 1. The lowest BCUT2D eigenvalue weighted by molar-refractivity contribution is -0.208. The Bertz CT molecular complexity index is 558. The van der Waals surface area contributed by atoms with Crippen LogP contribution in [0.4, 0.5) is 8.78 Å². The van der Waals surface area contributed by atoms with E-state index in [1.165, 1.54) is 0 Å². The van der Waals surface area contributed by atoms with Gasteiger partial charge in [0.2, 0.25) is 0 Å². The zero-order valence-electron chi connectivity index (χ0n) is 11.0. The monoisotopic (exact) mass is 326 g/mol. The SMILES string of the molecule is O=C(OC1C2CC3CC1CC(O)(C3)C2)C(F)(F)S(=O)(=O)O. The van der Waals surface area contributed by atoms with Crippen LogP contribution in [0.5, 0.6) is 0 Å². The summed E-state index contributed by atoms with van der Waals surface area (Å²) in [5.74, 6) is -2.41. The Morgan fingerprint density at radius 1 is 1.19 bits per heavy atom. The molecule has 0 radical (unpaired) electrons. The molecule has 4 bridgehead atoms. The Morgan fingerprint density at radius 2 is 1.71 bits per heavy atom. The van der Waals surface area contributed by atoms with Crippen LogP contribution in [0, 0.1) is 17.8 Å². The first-order chi connectivity index (χ1) is 9.52. The van der Waals surface area contributed by atoms with Crippen LogP contribution < -0.4 is 0 Å². The van der Waals surface area contributed by atoms with E-state index in [0.717, 1.165) is 0 Å². The van der Waals surface area contributed by atoms with Crippen molar-refractivity contribution in [3.8, 4) is 0 Å². The summed E-state index contributed by atoms with van der Waals surface area (Å²) in [5, 5.41) is 5.36. The molecule has 4 aliphatic rings. The number of hydrogen-bond donors (Lipinski definition) is 2. The fraction of sp³-hybridized carbons (Fsp3) is 0.917. The van der Waals surface area contributed by atoms with Crippen molar-refractivity contribution in [2.24, 2.45) is 17.8 Å². The zero-order chi connectivity index (χ0) is 15.6. The molecular weight excluding hydrogens is 310 g/mol. The number of hydrogen-bond acceptors (Lipinski definition) is 5. The van der Waals surface area contributed by atoms with Gasteiger partial charge in [-0.25, -0.2) is 4.79 Å². The smallest absolute Gasteiger partial charge is 0.456 e. The Kier molecular flexibility index (Phi) is 3.14. The maximum absolute atomic E-state index is 13.3. The van der Waals surface area contributed by atoms with Gasteiger partial charge in [-0.1, -0.05) is 0 Å². The molecule has 0 heterocycles. The average Bonchev–Trinajstić information content (AvgIpc) is 2.29. The highest BCUT2D eigenvalue weighted by molar-refractivity contribution is 7.87. The van der Waals surface area contributed by atoms with Crippen molar-refractivity contribution in [2.75, 3.05) is 0 Å². The molecule has 21 heavy (non-hydrogen) atoms. The molecule has 0 aliphatic heterocycles. The van der Waals surface area contributed by atoms with E-state index >= 15 is 0 Å². The third-order valence-corrected chi connectivity index (χ3v) is 5.77. The minimum atomic E-state index is -5.85. The van der Waals surface area contributed by atoms with E-state index in [2.05, 4.69) is 0 Å². The third-order valence-electron chi connectivity index (χ3n) is 4.96. The molecule has 4 fully saturated rings. The number of aliphatic hydroxyl groups is 1. The van der Waals surface area contributed by atoms with Crippen molar-refractivity contribution in [3.05, 3.63) is 0 Å². The summed E-state index contributed by atoms with van der Waals surface area (Å²) in [6, 6.07) is 0. The summed E-state index contributed by atoms with van der Waals surface area (Å²) in [5.41, 5.74) is -0.815. The van der Waals surface area contributed by atoms with Crippen molar-refractivity contribution in [3.63, 3.8) is 0 Å². The molecule has 2 N–H and O–H groups in total. The normalized spacial score (nSPS) is 42.1. The summed E-state index contributed by atoms with van der Waals surface area (Å²) in [6.45, 7) is 0. The van der Waals surface area contributed by atoms with Crippen LogP contribution in [0.15, 0.2) is 0 Å². The fourth-order valence-electron chi connectivity index (χ4n) is 4.42. The van der Waals surface area contributed by atoms with Crippen LogP contribution in [0.1, 0.15) is 32.1 Å². The second kappa shape index (κ2) is 4.36. The number of ether oxygens (including phenoxy) is 1. The van der Waals surface area contributed by atoms with Crippen molar-refractivity contribution < 1.29 is 36.4 Å². The van der Waals surface area contributed by atoms with E-state index in [9.17, 15) is 27.1 Å². The van der Waals surface area contributed by atoms with E-state index in [0.29, 0.717) is 38.0 Å². The lowest BCUT2D eigenvalue weighted by Gasteiger charge is -2.57. The van der Waals surface area contributed by atoms with E-state index in [1.54, 1.807) is 0 Å². The summed E-state index contributed by atoms with van der Waals surface area (Å²) in [6.07, 6.45) is 1.96. The van der Waals surface area contributed by atoms with Crippen molar-refractivity contribution in [1.82, 2.24) is 0 Å². The molecule has 120 valence electrons. The van der Waals surface area contributed by atoms with Crippen LogP contribution in [0.2, 0.25) is 0 Å². The van der Waals surface area contributed by atoms with Gasteiger partial charge in [-0.15, -0.1) is 0 Å². The average molecular weight is 326 g/mol. The third kappa shape index (κ3) is 2.35. The van der Waals surface area contributed by atoms with Crippen LogP contribution in [0.3, 0.4) is 0 Å². The molecule has 4 saturated carbocycles. The predicted octanol–water partition coefficient (Wildman–Crippen LogP) is 0.950. The van der Waals surface area contributed by atoms with E-state index < -0.39 is 33.0 Å². The highest BCUT2D eigenvalue weighted by Gasteiger charge is 2.59. The van der Waals surface area contributed by atoms with Crippen LogP contribution in [-0.2, 0) is 19.6 Å². The second-order valence-electron chi connectivity index (χ2n) is 6.56. The lowest BCUT2D eigenvalue weighted by Crippen LogP contribution is -2.58. The lowest BCUT2D eigenvalue weighted by atomic mass is 9.53. The fourth-order valence-corrected chi connectivity index (χ4v) is 4.68. The zero-order valence-corrected chi connectivity index (χ0v) is 11.9. The maximum atomic E-state index is 13.3. The number of esters is 1. The Hall–Kier alpha value is -0.800. The molecule has 0 aromatic carbocycles. The number of alkyl halides is 2. The highest BCUT2D eigenvalue weighted by atomic mass is 32.2. The summed E-state index contributed by atoms with van der Waals surface area (Å²) in [7, 11) is -5.85. The predicted molar refractivity (Wildman–Crippen MR) is 64.9 cm³/mol. The summed E-state index contributed by atoms with van der Waals surface area (Å²) >= 11 is 0. The molecule has 0 aromatic heterocycles. The van der Waals surface area contributed by atoms with Crippen molar-refractivity contribution >= 4 is 16.1 Å². The van der Waals surface area contributed by atoms with Gasteiger partial charge in [0.15, 0.2) is 0 Å². The molecule has 4 aliphatic carbocycles. The van der Waals surface area contributed by atoms with Gasteiger partial charge in [-0.3, -0.25) is 4.55 Å². The van der Waals surface area contributed by atoms with Crippen LogP contribution >= 0.6 is 0 Å². The molecule has 0 spiro atoms. The summed E-state index contributed by atoms with van der Waals surface area (Å²) in [4.78, 5) is 11.4. The molecule has 0 saturated heterocycles. The molecule has 6 nitrogen and oxygen atoms in total. The van der Waals surface area contributed by atoms with Gasteiger partial charge in [0.05, 0.1) is 5.60 Å². The van der Waals surface area contributed by atoms with Gasteiger partial charge >= 0.3 is 21.3 Å². The molecule has 0 amide bonds. The first-order valence-corrected chi connectivity index (χ1v) is 8.24. The first-order valence-electron chi connectivity index (χ1n) is 6.80. The Balaban J connectivity index is 1.76. The molecule has 2 atom stereocenters. The van der Waals surface area contributed by atoms with Gasteiger partial charge < -0.3 is 9.84 Å². The molecule has 4 rings (SSSR count). The number of carbonyl (C=O) groups excluding carboxylic acids is 1. The number of halogens is 2. The quantitative estimate of drug-likeness (QED) is 0.591. The van der Waals surface area contributed by atoms with Gasteiger partial charge in [0.25, 0.3) is 0 Å². The molecule has 0 aromatic rings. The molecular formula is C12H16F2O6S. The largest absolute Gasteiger partial charge is 0.465 e. The minimum absolute atomic E-state index is 0.234. The Morgan fingerprint density at radius 3 is 2.14 bits per heavy atom. The van der Waals surface area contributed by atoms with Gasteiger partial charge in [0.1, 0.15) is 6.10 Å². The van der Waals surface area contributed by atoms with Gasteiger partial charge in [0, 0.05) is 0 Å².